The maximum Gasteiger partial charge on any atom is 0.143 e. The van der Waals surface area contributed by atoms with E-state index < -0.39 is 0 Å². The fourth-order valence-corrected chi connectivity index (χ4v) is 10.0. The van der Waals surface area contributed by atoms with Crippen LogP contribution in [0.25, 0.3) is 110 Å². The Labute approximate surface area is 363 Å². The van der Waals surface area contributed by atoms with Crippen molar-refractivity contribution in [2.75, 3.05) is 4.90 Å². The molecule has 13 aromatic rings. The molecule has 3 heteroatoms. The second-order valence-corrected chi connectivity index (χ2v) is 16.3. The van der Waals surface area contributed by atoms with E-state index in [0.29, 0.717) is 0 Å². The van der Waals surface area contributed by atoms with Crippen LogP contribution in [0.4, 0.5) is 17.1 Å². The average Bonchev–Trinajstić information content (AvgIpc) is 3.94. The molecule has 0 unspecified atom stereocenters. The lowest BCUT2D eigenvalue weighted by Crippen LogP contribution is -2.10. The van der Waals surface area contributed by atoms with Gasteiger partial charge in [0.15, 0.2) is 0 Å². The molecule has 0 aliphatic heterocycles. The summed E-state index contributed by atoms with van der Waals surface area (Å²) in [4.78, 5) is 2.37. The van der Waals surface area contributed by atoms with Gasteiger partial charge in [0.05, 0.1) is 11.1 Å². The van der Waals surface area contributed by atoms with E-state index in [4.69, 9.17) is 8.83 Å². The highest BCUT2D eigenvalue weighted by atomic mass is 16.3. The van der Waals surface area contributed by atoms with Crippen molar-refractivity contribution >= 4 is 93.3 Å². The molecule has 0 radical (unpaired) electrons. The maximum atomic E-state index is 6.74. The number of anilines is 3. The lowest BCUT2D eigenvalue weighted by atomic mass is 9.85. The van der Waals surface area contributed by atoms with Crippen LogP contribution in [-0.4, -0.2) is 0 Å². The molecular formula is C60H37NO2. The van der Waals surface area contributed by atoms with Crippen molar-refractivity contribution in [2.45, 2.75) is 0 Å². The van der Waals surface area contributed by atoms with Crippen molar-refractivity contribution < 1.29 is 8.83 Å². The summed E-state index contributed by atoms with van der Waals surface area (Å²) in [6, 6.07) is 80.4. The van der Waals surface area contributed by atoms with Gasteiger partial charge in [-0.1, -0.05) is 176 Å². The number of nitrogens with zero attached hydrogens (tertiary/aromatic N) is 1. The first kappa shape index (κ1) is 35.4. The number of rotatable bonds is 6. The van der Waals surface area contributed by atoms with Gasteiger partial charge in [-0.3, -0.25) is 0 Å². The molecule has 3 nitrogen and oxygen atoms in total. The minimum Gasteiger partial charge on any atom is -0.455 e. The highest BCUT2D eigenvalue weighted by Crippen LogP contribution is 2.48. The van der Waals surface area contributed by atoms with E-state index in [0.717, 1.165) is 88.4 Å². The van der Waals surface area contributed by atoms with Crippen LogP contribution >= 0.6 is 0 Å². The van der Waals surface area contributed by atoms with Gasteiger partial charge in [0, 0.05) is 38.5 Å². The normalized spacial score (nSPS) is 11.8. The molecule has 0 aliphatic carbocycles. The summed E-state index contributed by atoms with van der Waals surface area (Å²) in [5.74, 6) is 0. The van der Waals surface area contributed by atoms with Crippen molar-refractivity contribution in [2.24, 2.45) is 0 Å². The third-order valence-corrected chi connectivity index (χ3v) is 12.9. The zero-order valence-electron chi connectivity index (χ0n) is 34.1. The summed E-state index contributed by atoms with van der Waals surface area (Å²) in [7, 11) is 0. The Morgan fingerprint density at radius 2 is 0.810 bits per heavy atom. The molecular weight excluding hydrogens is 767 g/mol. The van der Waals surface area contributed by atoms with Gasteiger partial charge in [-0.05, 0) is 103 Å². The molecule has 0 bridgehead atoms. The Balaban J connectivity index is 1.02. The molecule has 0 fully saturated rings. The largest absolute Gasteiger partial charge is 0.455 e. The minimum absolute atomic E-state index is 0.851. The molecule has 0 saturated heterocycles. The van der Waals surface area contributed by atoms with Gasteiger partial charge in [-0.15, -0.1) is 0 Å². The zero-order valence-corrected chi connectivity index (χ0v) is 34.1. The molecule has 0 atom stereocenters. The molecule has 0 aliphatic rings. The van der Waals surface area contributed by atoms with Crippen molar-refractivity contribution in [1.29, 1.82) is 0 Å². The third-order valence-electron chi connectivity index (χ3n) is 12.9. The third kappa shape index (κ3) is 5.53. The predicted octanol–water partition coefficient (Wildman–Crippen LogP) is 17.4. The molecule has 2 aromatic heterocycles. The van der Waals surface area contributed by atoms with Crippen LogP contribution in [0, 0.1) is 0 Å². The first-order valence-corrected chi connectivity index (χ1v) is 21.5. The second kappa shape index (κ2) is 14.1. The summed E-state index contributed by atoms with van der Waals surface area (Å²) in [6.45, 7) is 0. The first-order valence-electron chi connectivity index (χ1n) is 21.5. The summed E-state index contributed by atoms with van der Waals surface area (Å²) >= 11 is 0. The van der Waals surface area contributed by atoms with Crippen LogP contribution in [0.5, 0.6) is 0 Å². The Kier molecular flexibility index (Phi) is 7.91. The molecule has 0 N–H and O–H groups in total. The van der Waals surface area contributed by atoms with Crippen molar-refractivity contribution in [3.8, 4) is 33.4 Å². The zero-order chi connectivity index (χ0) is 41.4. The fourth-order valence-electron chi connectivity index (χ4n) is 10.0. The van der Waals surface area contributed by atoms with E-state index in [1.807, 2.05) is 12.1 Å². The number of fused-ring (bicyclic) bond motifs is 11. The van der Waals surface area contributed by atoms with E-state index in [1.54, 1.807) is 0 Å². The van der Waals surface area contributed by atoms with Crippen LogP contribution in [0.1, 0.15) is 0 Å². The number of para-hydroxylation sites is 2. The Hall–Kier alpha value is -8.40. The quantitative estimate of drug-likeness (QED) is 0.157. The van der Waals surface area contributed by atoms with Gasteiger partial charge in [0.25, 0.3) is 0 Å². The highest BCUT2D eigenvalue weighted by molar-refractivity contribution is 6.22. The summed E-state index contributed by atoms with van der Waals surface area (Å²) in [5.41, 5.74) is 13.7. The summed E-state index contributed by atoms with van der Waals surface area (Å²) < 4.78 is 13.2. The van der Waals surface area contributed by atoms with Crippen LogP contribution in [0.3, 0.4) is 0 Å². The fraction of sp³-hybridized carbons (Fsp3) is 0. The van der Waals surface area contributed by atoms with E-state index >= 15 is 0 Å². The van der Waals surface area contributed by atoms with Crippen LogP contribution in [-0.2, 0) is 0 Å². The van der Waals surface area contributed by atoms with Gasteiger partial charge in [-0.25, -0.2) is 0 Å². The predicted molar refractivity (Wildman–Crippen MR) is 265 cm³/mol. The SMILES string of the molecule is c1ccc(-c2c(-c3ccc(N(c4ccc(-c5cccc6c5oc5ccccc56)cc4)c4cccc5oc6c7ccccc7ccc6c45)cc3)c3ccccc3c3ccccc23)cc1. The smallest absolute Gasteiger partial charge is 0.143 e. The topological polar surface area (TPSA) is 29.5 Å². The van der Waals surface area contributed by atoms with Gasteiger partial charge < -0.3 is 13.7 Å². The number of hydrogen-bond donors (Lipinski definition) is 0. The lowest BCUT2D eigenvalue weighted by Gasteiger charge is -2.27. The lowest BCUT2D eigenvalue weighted by molar-refractivity contribution is 0.670. The van der Waals surface area contributed by atoms with E-state index in [1.165, 1.54) is 38.2 Å². The second-order valence-electron chi connectivity index (χ2n) is 16.3. The maximum absolute atomic E-state index is 6.74. The number of hydrogen-bond acceptors (Lipinski definition) is 3. The molecule has 63 heavy (non-hydrogen) atoms. The number of furan rings is 2. The monoisotopic (exact) mass is 803 g/mol. The van der Waals surface area contributed by atoms with Gasteiger partial charge in [0.2, 0.25) is 0 Å². The molecule has 2 heterocycles. The van der Waals surface area contributed by atoms with Crippen LogP contribution < -0.4 is 4.90 Å². The van der Waals surface area contributed by atoms with Gasteiger partial charge in [-0.2, -0.15) is 0 Å². The molecule has 0 spiro atoms. The Morgan fingerprint density at radius 1 is 0.286 bits per heavy atom. The summed E-state index contributed by atoms with van der Waals surface area (Å²) in [5, 5.41) is 11.7. The summed E-state index contributed by atoms with van der Waals surface area (Å²) in [6.07, 6.45) is 0. The molecule has 294 valence electrons. The van der Waals surface area contributed by atoms with E-state index in [-0.39, 0.29) is 0 Å². The van der Waals surface area contributed by atoms with Crippen molar-refractivity contribution in [3.05, 3.63) is 224 Å². The Morgan fingerprint density at radius 3 is 1.52 bits per heavy atom. The standard InChI is InChI=1S/C60H37NO2/c1-2-15-40(16-3-1)56-49-21-8-6-18-46(49)47-19-7-9-22-50(47)57(56)41-30-35-43(36-31-41)61(53-25-13-27-55-58(53)52-37-32-38-14-4-5-17-44(38)60(52)63-55)42-33-28-39(29-34-42)45-23-12-24-51-48-20-10-11-26-54(48)62-59(45)51/h1-37H. The molecule has 11 aromatic carbocycles. The van der Waals surface area contributed by atoms with E-state index in [2.05, 4.69) is 217 Å². The number of benzene rings is 11. The van der Waals surface area contributed by atoms with Crippen LogP contribution in [0.2, 0.25) is 0 Å². The first-order chi connectivity index (χ1) is 31.3. The molecule has 0 saturated carbocycles. The minimum atomic E-state index is 0.851. The highest BCUT2D eigenvalue weighted by Gasteiger charge is 2.23. The molecule has 13 rings (SSSR count). The van der Waals surface area contributed by atoms with E-state index in [9.17, 15) is 0 Å². The average molecular weight is 804 g/mol. The Bertz CT molecular complexity index is 3900. The van der Waals surface area contributed by atoms with Crippen molar-refractivity contribution in [1.82, 2.24) is 0 Å². The van der Waals surface area contributed by atoms with Gasteiger partial charge >= 0.3 is 0 Å². The van der Waals surface area contributed by atoms with Gasteiger partial charge in [0.1, 0.15) is 22.3 Å². The van der Waals surface area contributed by atoms with Crippen LogP contribution in [0.15, 0.2) is 233 Å². The molecule has 0 amide bonds. The van der Waals surface area contributed by atoms with Crippen molar-refractivity contribution in [3.63, 3.8) is 0 Å².